The first kappa shape index (κ1) is 21.8. The van der Waals surface area contributed by atoms with Gasteiger partial charge in [0.2, 0.25) is 5.91 Å². The summed E-state index contributed by atoms with van der Waals surface area (Å²) in [6, 6.07) is -1.72. The Hall–Kier alpha value is -1.22. The predicted octanol–water partition coefficient (Wildman–Crippen LogP) is -0.321. The standard InChI is InChI=1S/C15H32N4O4/c1-14(2,3)22-8-10(16)12(20)18-11(13(21)19-17-7)9-23-15(4,5)6/h10-11,17H,8-9,16H2,1-7H3,(H,18,20)(H,19,21)/t10-,11-/m0/s1. The highest BCUT2D eigenvalue weighted by Gasteiger charge is 2.26. The third kappa shape index (κ3) is 11.0. The molecule has 0 aliphatic carbocycles. The molecule has 0 aliphatic rings. The summed E-state index contributed by atoms with van der Waals surface area (Å²) in [5.74, 6) is -0.878. The summed E-state index contributed by atoms with van der Waals surface area (Å²) < 4.78 is 11.1. The Morgan fingerprint density at radius 2 is 1.43 bits per heavy atom. The summed E-state index contributed by atoms with van der Waals surface area (Å²) in [5, 5.41) is 2.59. The lowest BCUT2D eigenvalue weighted by Gasteiger charge is -2.26. The molecule has 0 aromatic rings. The van der Waals surface area contributed by atoms with E-state index >= 15 is 0 Å². The van der Waals surface area contributed by atoms with Crippen LogP contribution in [0.5, 0.6) is 0 Å². The normalized spacial score (nSPS) is 15.0. The molecule has 5 N–H and O–H groups in total. The Morgan fingerprint density at radius 1 is 0.957 bits per heavy atom. The summed E-state index contributed by atoms with van der Waals surface area (Å²) >= 11 is 0. The van der Waals surface area contributed by atoms with E-state index in [0.29, 0.717) is 0 Å². The molecule has 23 heavy (non-hydrogen) atoms. The van der Waals surface area contributed by atoms with Crippen LogP contribution in [0.3, 0.4) is 0 Å². The first-order valence-electron chi connectivity index (χ1n) is 7.66. The Kier molecular flexibility index (Phi) is 8.68. The molecule has 2 amide bonds. The number of hydrazine groups is 1. The van der Waals surface area contributed by atoms with Gasteiger partial charge in [0.05, 0.1) is 24.4 Å². The van der Waals surface area contributed by atoms with Gasteiger partial charge < -0.3 is 20.5 Å². The van der Waals surface area contributed by atoms with Gasteiger partial charge in [-0.15, -0.1) is 0 Å². The van der Waals surface area contributed by atoms with E-state index in [1.165, 1.54) is 0 Å². The minimum atomic E-state index is -0.867. The first-order valence-corrected chi connectivity index (χ1v) is 7.66. The molecule has 8 nitrogen and oxygen atoms in total. The van der Waals surface area contributed by atoms with Crippen LogP contribution in [0.15, 0.2) is 0 Å². The van der Waals surface area contributed by atoms with Crippen molar-refractivity contribution in [3.05, 3.63) is 0 Å². The third-order valence-electron chi connectivity index (χ3n) is 2.60. The van der Waals surface area contributed by atoms with Crippen molar-refractivity contribution in [2.75, 3.05) is 20.3 Å². The van der Waals surface area contributed by atoms with E-state index < -0.39 is 35.1 Å². The summed E-state index contributed by atoms with van der Waals surface area (Å²) in [6.45, 7) is 11.3. The Labute approximate surface area is 138 Å². The molecule has 0 aromatic carbocycles. The highest BCUT2D eigenvalue weighted by Crippen LogP contribution is 2.08. The summed E-state index contributed by atoms with van der Waals surface area (Å²) in [4.78, 5) is 24.1. The van der Waals surface area contributed by atoms with Crippen LogP contribution in [0.1, 0.15) is 41.5 Å². The van der Waals surface area contributed by atoms with Gasteiger partial charge in [-0.25, -0.2) is 5.43 Å². The van der Waals surface area contributed by atoms with Crippen LogP contribution in [0, 0.1) is 0 Å². The van der Waals surface area contributed by atoms with E-state index in [1.807, 2.05) is 41.5 Å². The van der Waals surface area contributed by atoms with Gasteiger partial charge in [0.15, 0.2) is 0 Å². The molecule has 0 unspecified atom stereocenters. The number of carbonyl (C=O) groups excluding carboxylic acids is 2. The highest BCUT2D eigenvalue weighted by molar-refractivity contribution is 5.89. The second-order valence-electron chi connectivity index (χ2n) is 7.25. The third-order valence-corrected chi connectivity index (χ3v) is 2.60. The van der Waals surface area contributed by atoms with Crippen LogP contribution in [-0.4, -0.2) is 55.4 Å². The molecular weight excluding hydrogens is 300 g/mol. The second kappa shape index (κ2) is 9.17. The van der Waals surface area contributed by atoms with Crippen LogP contribution in [-0.2, 0) is 19.1 Å². The van der Waals surface area contributed by atoms with Crippen LogP contribution in [0.25, 0.3) is 0 Å². The Balaban J connectivity index is 4.66. The van der Waals surface area contributed by atoms with Gasteiger partial charge in [0.25, 0.3) is 5.91 Å². The molecule has 0 saturated carbocycles. The van der Waals surface area contributed by atoms with E-state index in [4.69, 9.17) is 15.2 Å². The molecule has 2 atom stereocenters. The van der Waals surface area contributed by atoms with Crippen molar-refractivity contribution >= 4 is 11.8 Å². The Morgan fingerprint density at radius 3 is 1.87 bits per heavy atom. The van der Waals surface area contributed by atoms with E-state index in [-0.39, 0.29) is 13.2 Å². The maximum atomic E-state index is 12.1. The number of nitrogens with two attached hydrogens (primary N) is 1. The zero-order valence-corrected chi connectivity index (χ0v) is 15.3. The van der Waals surface area contributed by atoms with Gasteiger partial charge >= 0.3 is 0 Å². The van der Waals surface area contributed by atoms with Crippen molar-refractivity contribution in [3.8, 4) is 0 Å². The molecular formula is C15H32N4O4. The number of amides is 2. The lowest BCUT2D eigenvalue weighted by molar-refractivity contribution is -0.134. The number of hydrogen-bond acceptors (Lipinski definition) is 6. The van der Waals surface area contributed by atoms with Crippen LogP contribution < -0.4 is 21.9 Å². The zero-order valence-electron chi connectivity index (χ0n) is 15.3. The number of rotatable bonds is 8. The van der Waals surface area contributed by atoms with Gasteiger partial charge in [-0.1, -0.05) is 0 Å². The fourth-order valence-corrected chi connectivity index (χ4v) is 1.42. The van der Waals surface area contributed by atoms with Crippen molar-refractivity contribution in [2.45, 2.75) is 64.8 Å². The molecule has 0 bridgehead atoms. The van der Waals surface area contributed by atoms with Crippen molar-refractivity contribution in [3.63, 3.8) is 0 Å². The number of nitrogens with one attached hydrogen (secondary N) is 3. The Bertz CT molecular complexity index is 388. The average Bonchev–Trinajstić information content (AvgIpc) is 2.38. The lowest BCUT2D eigenvalue weighted by atomic mass is 10.1. The van der Waals surface area contributed by atoms with Crippen molar-refractivity contribution < 1.29 is 19.1 Å². The van der Waals surface area contributed by atoms with E-state index in [0.717, 1.165) is 0 Å². The minimum absolute atomic E-state index is 0.0373. The molecule has 8 heteroatoms. The number of hydrogen-bond donors (Lipinski definition) is 4. The van der Waals surface area contributed by atoms with Crippen molar-refractivity contribution in [1.82, 2.24) is 16.2 Å². The summed E-state index contributed by atoms with van der Waals surface area (Å²) in [7, 11) is 1.56. The monoisotopic (exact) mass is 332 g/mol. The van der Waals surface area contributed by atoms with Crippen LogP contribution in [0.2, 0.25) is 0 Å². The highest BCUT2D eigenvalue weighted by atomic mass is 16.5. The smallest absolute Gasteiger partial charge is 0.259 e. The van der Waals surface area contributed by atoms with Gasteiger partial charge in [0, 0.05) is 7.05 Å². The van der Waals surface area contributed by atoms with Gasteiger partial charge in [-0.2, -0.15) is 0 Å². The molecule has 0 spiro atoms. The lowest BCUT2D eigenvalue weighted by Crippen LogP contribution is -2.56. The SMILES string of the molecule is CNNC(=O)[C@H](COC(C)(C)C)NC(=O)[C@@H](N)COC(C)(C)C. The number of carbonyl (C=O) groups is 2. The molecule has 0 saturated heterocycles. The molecule has 136 valence electrons. The molecule has 0 fully saturated rings. The summed E-state index contributed by atoms with van der Waals surface area (Å²) in [6.07, 6.45) is 0. The van der Waals surface area contributed by atoms with Crippen LogP contribution >= 0.6 is 0 Å². The zero-order chi connectivity index (χ0) is 18.3. The maximum Gasteiger partial charge on any atom is 0.259 e. The largest absolute Gasteiger partial charge is 0.374 e. The maximum absolute atomic E-state index is 12.1. The van der Waals surface area contributed by atoms with Crippen molar-refractivity contribution in [1.29, 1.82) is 0 Å². The first-order chi connectivity index (χ1) is 10.4. The predicted molar refractivity (Wildman–Crippen MR) is 88.5 cm³/mol. The van der Waals surface area contributed by atoms with E-state index in [2.05, 4.69) is 16.2 Å². The fourth-order valence-electron chi connectivity index (χ4n) is 1.42. The average molecular weight is 332 g/mol. The minimum Gasteiger partial charge on any atom is -0.374 e. The molecule has 0 aliphatic heterocycles. The van der Waals surface area contributed by atoms with E-state index in [1.54, 1.807) is 7.05 Å². The topological polar surface area (TPSA) is 115 Å². The van der Waals surface area contributed by atoms with Crippen molar-refractivity contribution in [2.24, 2.45) is 5.73 Å². The van der Waals surface area contributed by atoms with Gasteiger partial charge in [-0.3, -0.25) is 15.0 Å². The second-order valence-corrected chi connectivity index (χ2v) is 7.25. The van der Waals surface area contributed by atoms with Crippen LogP contribution in [0.4, 0.5) is 0 Å². The quantitative estimate of drug-likeness (QED) is 0.453. The molecule has 0 aromatic heterocycles. The number of ether oxygens (including phenoxy) is 2. The molecule has 0 radical (unpaired) electrons. The fraction of sp³-hybridized carbons (Fsp3) is 0.867. The van der Waals surface area contributed by atoms with E-state index in [9.17, 15) is 9.59 Å². The summed E-state index contributed by atoms with van der Waals surface area (Å²) in [5.41, 5.74) is 9.94. The molecule has 0 rings (SSSR count). The van der Waals surface area contributed by atoms with Gasteiger partial charge in [-0.05, 0) is 41.5 Å². The molecule has 0 heterocycles. The van der Waals surface area contributed by atoms with Gasteiger partial charge in [0.1, 0.15) is 12.1 Å².